The van der Waals surface area contributed by atoms with Crippen LogP contribution in [0, 0.1) is 0 Å². The van der Waals surface area contributed by atoms with Crippen LogP contribution >= 0.6 is 0 Å². The van der Waals surface area contributed by atoms with Crippen LogP contribution in [0.1, 0.15) is 264 Å². The number of ether oxygens (including phenoxy) is 1. The minimum absolute atomic E-state index is 0.0349. The molecule has 0 spiro atoms. The number of carbonyl (C=O) groups is 2. The second kappa shape index (κ2) is 47.0. The monoisotopic (exact) mass is 804 g/mol. The van der Waals surface area contributed by atoms with E-state index < -0.39 is 12.1 Å². The maximum atomic E-state index is 12.4. The number of allylic oxidation sites excluding steroid dienone is 3. The Bertz CT molecular complexity index is 889. The lowest BCUT2D eigenvalue weighted by Gasteiger charge is -2.20. The van der Waals surface area contributed by atoms with Crippen molar-refractivity contribution in [1.29, 1.82) is 0 Å². The fourth-order valence-corrected chi connectivity index (χ4v) is 7.57. The zero-order valence-electron chi connectivity index (χ0n) is 38.1. The molecule has 2 atom stereocenters. The molecule has 6 heteroatoms. The van der Waals surface area contributed by atoms with Crippen molar-refractivity contribution in [3.05, 3.63) is 24.3 Å². The van der Waals surface area contributed by atoms with Crippen LogP contribution in [0.15, 0.2) is 24.3 Å². The van der Waals surface area contributed by atoms with Gasteiger partial charge in [0.15, 0.2) is 0 Å². The molecule has 2 unspecified atom stereocenters. The lowest BCUT2D eigenvalue weighted by Crippen LogP contribution is -2.45. The topological polar surface area (TPSA) is 95.9 Å². The first-order valence-corrected chi connectivity index (χ1v) is 25.1. The first-order valence-electron chi connectivity index (χ1n) is 25.1. The number of carbonyl (C=O) groups excluding carboxylic acids is 2. The first kappa shape index (κ1) is 55.3. The van der Waals surface area contributed by atoms with Crippen LogP contribution in [0.2, 0.25) is 0 Å². The third-order valence-corrected chi connectivity index (χ3v) is 11.5. The summed E-state index contributed by atoms with van der Waals surface area (Å²) in [6.45, 7) is 4.83. The minimum Gasteiger partial charge on any atom is -0.466 e. The fraction of sp³-hybridized carbons (Fsp3) is 0.882. The lowest BCUT2D eigenvalue weighted by atomic mass is 10.0. The number of rotatable bonds is 46. The molecular weight excluding hydrogens is 707 g/mol. The normalized spacial score (nSPS) is 12.8. The highest BCUT2D eigenvalue weighted by Gasteiger charge is 2.18. The van der Waals surface area contributed by atoms with Crippen LogP contribution in [0.25, 0.3) is 0 Å². The number of esters is 1. The molecule has 0 aliphatic carbocycles. The SMILES string of the molecule is CCCCCCCCC/C=C\CCCCCCCC(=O)OCCCCCCCCCCCC(=O)NC(CO)C(O)/C=C/CCCCCCCCCCCCCCC. The number of amides is 1. The predicted molar refractivity (Wildman–Crippen MR) is 246 cm³/mol. The van der Waals surface area contributed by atoms with E-state index in [-0.39, 0.29) is 18.5 Å². The van der Waals surface area contributed by atoms with Gasteiger partial charge in [0.25, 0.3) is 0 Å². The van der Waals surface area contributed by atoms with Gasteiger partial charge in [0, 0.05) is 12.8 Å². The quantitative estimate of drug-likeness (QED) is 0.0324. The van der Waals surface area contributed by atoms with Crippen LogP contribution in [0.4, 0.5) is 0 Å². The first-order chi connectivity index (χ1) is 28.0. The van der Waals surface area contributed by atoms with E-state index in [1.165, 1.54) is 180 Å². The molecule has 0 heterocycles. The zero-order chi connectivity index (χ0) is 41.5. The van der Waals surface area contributed by atoms with Crippen molar-refractivity contribution in [2.24, 2.45) is 0 Å². The maximum Gasteiger partial charge on any atom is 0.305 e. The highest BCUT2D eigenvalue weighted by atomic mass is 16.5. The van der Waals surface area contributed by atoms with Crippen molar-refractivity contribution in [2.45, 2.75) is 276 Å². The smallest absolute Gasteiger partial charge is 0.305 e. The van der Waals surface area contributed by atoms with Gasteiger partial charge in [-0.05, 0) is 57.8 Å². The van der Waals surface area contributed by atoms with Crippen LogP contribution in [-0.2, 0) is 14.3 Å². The van der Waals surface area contributed by atoms with Gasteiger partial charge in [-0.1, -0.05) is 218 Å². The third kappa shape index (κ3) is 43.7. The Kier molecular flexibility index (Phi) is 45.7. The number of aliphatic hydroxyl groups excluding tert-OH is 2. The second-order valence-corrected chi connectivity index (χ2v) is 17.1. The number of aliphatic hydroxyl groups is 2. The molecule has 0 aliphatic heterocycles. The number of nitrogens with one attached hydrogen (secondary N) is 1. The summed E-state index contributed by atoms with van der Waals surface area (Å²) < 4.78 is 5.45. The number of hydrogen-bond donors (Lipinski definition) is 3. The Morgan fingerprint density at radius 2 is 0.825 bits per heavy atom. The van der Waals surface area contributed by atoms with Crippen LogP contribution < -0.4 is 5.32 Å². The molecule has 0 aliphatic rings. The summed E-state index contributed by atoms with van der Waals surface area (Å²) in [5, 5.41) is 23.0. The van der Waals surface area contributed by atoms with Gasteiger partial charge >= 0.3 is 5.97 Å². The van der Waals surface area contributed by atoms with Crippen molar-refractivity contribution >= 4 is 11.9 Å². The molecule has 1 amide bonds. The van der Waals surface area contributed by atoms with E-state index in [0.717, 1.165) is 57.8 Å². The van der Waals surface area contributed by atoms with E-state index >= 15 is 0 Å². The molecule has 0 bridgehead atoms. The average Bonchev–Trinajstić information content (AvgIpc) is 3.21. The molecule has 0 aromatic heterocycles. The van der Waals surface area contributed by atoms with Crippen molar-refractivity contribution in [1.82, 2.24) is 5.32 Å². The Hall–Kier alpha value is -1.66. The van der Waals surface area contributed by atoms with Gasteiger partial charge < -0.3 is 20.3 Å². The molecule has 336 valence electrons. The molecule has 6 nitrogen and oxygen atoms in total. The number of hydrogen-bond acceptors (Lipinski definition) is 5. The summed E-state index contributed by atoms with van der Waals surface area (Å²) in [5.74, 6) is -0.131. The van der Waals surface area contributed by atoms with Crippen LogP contribution in [0.3, 0.4) is 0 Å². The fourth-order valence-electron chi connectivity index (χ4n) is 7.57. The molecule has 0 saturated heterocycles. The highest BCUT2D eigenvalue weighted by Crippen LogP contribution is 2.15. The van der Waals surface area contributed by atoms with E-state index in [1.807, 2.05) is 6.08 Å². The molecule has 3 N–H and O–H groups in total. The largest absolute Gasteiger partial charge is 0.466 e. The molecule has 0 rings (SSSR count). The zero-order valence-corrected chi connectivity index (χ0v) is 38.1. The highest BCUT2D eigenvalue weighted by molar-refractivity contribution is 5.76. The van der Waals surface area contributed by atoms with E-state index in [9.17, 15) is 19.8 Å². The average molecular weight is 804 g/mol. The minimum atomic E-state index is -0.861. The summed E-state index contributed by atoms with van der Waals surface area (Å²) in [6, 6.07) is -0.647. The molecular formula is C51H97NO5. The van der Waals surface area contributed by atoms with E-state index in [4.69, 9.17) is 4.74 Å². The standard InChI is InChI=1S/C51H97NO5/c1-3-5-7-9-11-13-15-17-19-21-23-25-29-33-37-41-45-51(56)57-46-42-38-34-30-26-28-32-36-40-44-50(55)52-48(47-53)49(54)43-39-35-31-27-24-22-20-18-16-14-12-10-8-6-4-2/h19,21,39,43,48-49,53-54H,3-18,20,22-38,40-42,44-47H2,1-2H3,(H,52,55)/b21-19-,43-39+. The summed E-state index contributed by atoms with van der Waals surface area (Å²) in [6.07, 6.45) is 54.5. The van der Waals surface area contributed by atoms with E-state index in [1.54, 1.807) is 6.08 Å². The van der Waals surface area contributed by atoms with Crippen molar-refractivity contribution < 1.29 is 24.5 Å². The predicted octanol–water partition coefficient (Wildman–Crippen LogP) is 14.7. The molecule has 57 heavy (non-hydrogen) atoms. The second-order valence-electron chi connectivity index (χ2n) is 17.1. The van der Waals surface area contributed by atoms with Crippen molar-refractivity contribution in [2.75, 3.05) is 13.2 Å². The van der Waals surface area contributed by atoms with Gasteiger partial charge in [0.1, 0.15) is 0 Å². The Morgan fingerprint density at radius 3 is 1.25 bits per heavy atom. The third-order valence-electron chi connectivity index (χ3n) is 11.5. The van der Waals surface area contributed by atoms with Gasteiger partial charge in [-0.2, -0.15) is 0 Å². The Labute approximate surface area is 354 Å². The van der Waals surface area contributed by atoms with E-state index in [0.29, 0.717) is 19.4 Å². The maximum absolute atomic E-state index is 12.4. The van der Waals surface area contributed by atoms with E-state index in [2.05, 4.69) is 31.3 Å². The van der Waals surface area contributed by atoms with Crippen molar-refractivity contribution in [3.8, 4) is 0 Å². The summed E-state index contributed by atoms with van der Waals surface area (Å²) in [5.41, 5.74) is 0. The molecule has 0 aromatic carbocycles. The van der Waals surface area contributed by atoms with Gasteiger partial charge in [-0.3, -0.25) is 9.59 Å². The molecule has 0 radical (unpaired) electrons. The summed E-state index contributed by atoms with van der Waals surface area (Å²) >= 11 is 0. The van der Waals surface area contributed by atoms with Crippen LogP contribution in [-0.4, -0.2) is 47.4 Å². The lowest BCUT2D eigenvalue weighted by molar-refractivity contribution is -0.143. The van der Waals surface area contributed by atoms with Gasteiger partial charge in [0.2, 0.25) is 5.91 Å². The van der Waals surface area contributed by atoms with Gasteiger partial charge in [-0.15, -0.1) is 0 Å². The molecule has 0 saturated carbocycles. The number of unbranched alkanes of at least 4 members (excludes halogenated alkanes) is 33. The summed E-state index contributed by atoms with van der Waals surface area (Å²) in [7, 11) is 0. The Balaban J connectivity index is 3.53. The van der Waals surface area contributed by atoms with Crippen molar-refractivity contribution in [3.63, 3.8) is 0 Å². The van der Waals surface area contributed by atoms with Gasteiger partial charge in [-0.25, -0.2) is 0 Å². The van der Waals surface area contributed by atoms with Gasteiger partial charge in [0.05, 0.1) is 25.4 Å². The summed E-state index contributed by atoms with van der Waals surface area (Å²) in [4.78, 5) is 24.4. The van der Waals surface area contributed by atoms with Crippen LogP contribution in [0.5, 0.6) is 0 Å². The molecule has 0 aromatic rings. The molecule has 0 fully saturated rings. The Morgan fingerprint density at radius 1 is 0.474 bits per heavy atom.